The number of aliphatic hydroxyl groups excluding tert-OH is 1. The largest absolute Gasteiger partial charge is 0.387 e. The van der Waals surface area contributed by atoms with Gasteiger partial charge in [0.15, 0.2) is 0 Å². The zero-order valence-corrected chi connectivity index (χ0v) is 15.6. The van der Waals surface area contributed by atoms with E-state index in [4.69, 9.17) is 23.2 Å². The van der Waals surface area contributed by atoms with E-state index in [9.17, 15) is 9.90 Å². The summed E-state index contributed by atoms with van der Waals surface area (Å²) in [6.45, 7) is 0.128. The molecule has 26 heavy (non-hydrogen) atoms. The molecule has 1 aromatic heterocycles. The second kappa shape index (κ2) is 8.58. The van der Waals surface area contributed by atoms with Gasteiger partial charge in [0.05, 0.1) is 6.10 Å². The molecule has 0 aliphatic carbocycles. The first-order valence-corrected chi connectivity index (χ1v) is 9.24. The summed E-state index contributed by atoms with van der Waals surface area (Å²) in [4.78, 5) is 15.3. The van der Waals surface area contributed by atoms with E-state index in [2.05, 4.69) is 16.4 Å². The topological polar surface area (TPSA) is 65.1 Å². The van der Waals surface area contributed by atoms with Crippen LogP contribution in [0.3, 0.4) is 0 Å². The number of benzene rings is 2. The lowest BCUT2D eigenvalue weighted by atomic mass is 10.1. The maximum Gasteiger partial charge on any atom is 0.220 e. The summed E-state index contributed by atoms with van der Waals surface area (Å²) in [5.41, 5.74) is 2.90. The molecule has 0 saturated carbocycles. The van der Waals surface area contributed by atoms with Crippen LogP contribution < -0.4 is 5.32 Å². The molecular weight excluding hydrogens is 371 g/mol. The monoisotopic (exact) mass is 390 g/mol. The van der Waals surface area contributed by atoms with E-state index in [0.717, 1.165) is 18.4 Å². The Morgan fingerprint density at radius 3 is 2.65 bits per heavy atom. The minimum Gasteiger partial charge on any atom is -0.387 e. The number of hydrogen-bond donors (Lipinski definition) is 3. The van der Waals surface area contributed by atoms with E-state index in [1.165, 1.54) is 10.9 Å². The summed E-state index contributed by atoms with van der Waals surface area (Å²) in [5, 5.41) is 15.0. The summed E-state index contributed by atoms with van der Waals surface area (Å²) in [6.07, 6.45) is 3.12. The van der Waals surface area contributed by atoms with Crippen molar-refractivity contribution in [2.24, 2.45) is 0 Å². The van der Waals surface area contributed by atoms with Crippen molar-refractivity contribution in [2.45, 2.75) is 25.4 Å². The van der Waals surface area contributed by atoms with Gasteiger partial charge >= 0.3 is 0 Å². The smallest absolute Gasteiger partial charge is 0.220 e. The van der Waals surface area contributed by atoms with Crippen LogP contribution in [0.15, 0.2) is 48.7 Å². The third-order valence-electron chi connectivity index (χ3n) is 4.29. The number of aromatic nitrogens is 1. The number of amides is 1. The van der Waals surface area contributed by atoms with Crippen molar-refractivity contribution in [1.29, 1.82) is 0 Å². The number of nitrogens with one attached hydrogen (secondary N) is 2. The molecule has 1 unspecified atom stereocenters. The maximum absolute atomic E-state index is 12.0. The van der Waals surface area contributed by atoms with Crippen LogP contribution in [-0.2, 0) is 11.2 Å². The SMILES string of the molecule is O=C(CCCc1c[nH]c2ccccc12)NCC(O)c1cc(Cl)cc(Cl)c1. The first-order valence-electron chi connectivity index (χ1n) is 8.48. The molecule has 0 aliphatic rings. The second-order valence-corrected chi connectivity index (χ2v) is 7.11. The Balaban J connectivity index is 1.45. The van der Waals surface area contributed by atoms with Crippen molar-refractivity contribution in [2.75, 3.05) is 6.54 Å². The van der Waals surface area contributed by atoms with Crippen LogP contribution in [0, 0.1) is 0 Å². The first kappa shape index (κ1) is 18.8. The van der Waals surface area contributed by atoms with Gasteiger partial charge in [-0.2, -0.15) is 0 Å². The molecule has 0 aliphatic heterocycles. The number of aliphatic hydroxyl groups is 1. The predicted octanol–water partition coefficient (Wildman–Crippen LogP) is 4.65. The van der Waals surface area contributed by atoms with E-state index in [-0.39, 0.29) is 12.5 Å². The number of H-pyrrole nitrogens is 1. The number of rotatable bonds is 7. The number of carbonyl (C=O) groups is 1. The highest BCUT2D eigenvalue weighted by Crippen LogP contribution is 2.23. The molecular formula is C20H20Cl2N2O2. The van der Waals surface area contributed by atoms with E-state index >= 15 is 0 Å². The van der Waals surface area contributed by atoms with Gasteiger partial charge in [0.2, 0.25) is 5.91 Å². The second-order valence-electron chi connectivity index (χ2n) is 6.24. The molecule has 4 nitrogen and oxygen atoms in total. The molecule has 0 radical (unpaired) electrons. The fourth-order valence-electron chi connectivity index (χ4n) is 2.96. The maximum atomic E-state index is 12.0. The van der Waals surface area contributed by atoms with Crippen molar-refractivity contribution in [3.05, 3.63) is 69.8 Å². The summed E-state index contributed by atoms with van der Waals surface area (Å²) >= 11 is 11.9. The molecule has 0 bridgehead atoms. The highest BCUT2D eigenvalue weighted by molar-refractivity contribution is 6.34. The number of halogens is 2. The Labute approximate surface area is 162 Å². The number of hydrogen-bond acceptors (Lipinski definition) is 2. The van der Waals surface area contributed by atoms with Gasteiger partial charge in [-0.15, -0.1) is 0 Å². The van der Waals surface area contributed by atoms with Gasteiger partial charge in [0.25, 0.3) is 0 Å². The van der Waals surface area contributed by atoms with Crippen molar-refractivity contribution in [3.63, 3.8) is 0 Å². The standard InChI is InChI=1S/C20H20Cl2N2O2/c21-15-8-14(9-16(22)10-15)19(25)12-24-20(26)7-3-4-13-11-23-18-6-2-1-5-17(13)18/h1-2,5-6,8-11,19,23,25H,3-4,7,12H2,(H,24,26). The van der Waals surface area contributed by atoms with Gasteiger partial charge in [-0.1, -0.05) is 41.4 Å². The van der Waals surface area contributed by atoms with E-state index in [1.807, 2.05) is 24.4 Å². The minimum atomic E-state index is -0.844. The molecule has 136 valence electrons. The zero-order valence-electron chi connectivity index (χ0n) is 14.1. The lowest BCUT2D eigenvalue weighted by Gasteiger charge is -2.13. The highest BCUT2D eigenvalue weighted by Gasteiger charge is 2.11. The quantitative estimate of drug-likeness (QED) is 0.549. The molecule has 1 heterocycles. The van der Waals surface area contributed by atoms with Crippen LogP contribution >= 0.6 is 23.2 Å². The Bertz CT molecular complexity index is 887. The van der Waals surface area contributed by atoms with Gasteiger partial charge in [0.1, 0.15) is 0 Å². The number of para-hydroxylation sites is 1. The van der Waals surface area contributed by atoms with E-state index in [1.54, 1.807) is 18.2 Å². The fourth-order valence-corrected chi connectivity index (χ4v) is 3.51. The molecule has 0 fully saturated rings. The molecule has 1 atom stereocenters. The fraction of sp³-hybridized carbons (Fsp3) is 0.250. The number of carbonyl (C=O) groups excluding carboxylic acids is 1. The van der Waals surface area contributed by atoms with Crippen LogP contribution in [0.1, 0.15) is 30.1 Å². The van der Waals surface area contributed by atoms with Crippen LogP contribution in [0.25, 0.3) is 10.9 Å². The average molecular weight is 391 g/mol. The van der Waals surface area contributed by atoms with Crippen LogP contribution in [-0.4, -0.2) is 22.5 Å². The van der Waals surface area contributed by atoms with Crippen LogP contribution in [0.4, 0.5) is 0 Å². The minimum absolute atomic E-state index is 0.0861. The molecule has 3 N–H and O–H groups in total. The summed E-state index contributed by atoms with van der Waals surface area (Å²) in [7, 11) is 0. The molecule has 1 amide bonds. The van der Waals surface area contributed by atoms with Crippen molar-refractivity contribution in [3.8, 4) is 0 Å². The van der Waals surface area contributed by atoms with Gasteiger partial charge in [-0.25, -0.2) is 0 Å². The van der Waals surface area contributed by atoms with Gasteiger partial charge in [-0.05, 0) is 48.2 Å². The number of aromatic amines is 1. The summed E-state index contributed by atoms with van der Waals surface area (Å²) < 4.78 is 0. The van der Waals surface area contributed by atoms with E-state index < -0.39 is 6.10 Å². The van der Waals surface area contributed by atoms with Crippen molar-refractivity contribution in [1.82, 2.24) is 10.3 Å². The number of aryl methyl sites for hydroxylation is 1. The molecule has 2 aromatic carbocycles. The normalized spacial score (nSPS) is 12.3. The van der Waals surface area contributed by atoms with Gasteiger partial charge in [0, 0.05) is 40.1 Å². The molecule has 0 spiro atoms. The lowest BCUT2D eigenvalue weighted by Crippen LogP contribution is -2.28. The molecule has 0 saturated heterocycles. The first-order chi connectivity index (χ1) is 12.5. The van der Waals surface area contributed by atoms with Gasteiger partial charge in [-0.3, -0.25) is 4.79 Å². The van der Waals surface area contributed by atoms with Crippen LogP contribution in [0.2, 0.25) is 10.0 Å². The van der Waals surface area contributed by atoms with Crippen molar-refractivity contribution < 1.29 is 9.90 Å². The Kier molecular flexibility index (Phi) is 6.20. The third-order valence-corrected chi connectivity index (χ3v) is 4.72. The molecule has 6 heteroatoms. The highest BCUT2D eigenvalue weighted by atomic mass is 35.5. The van der Waals surface area contributed by atoms with Crippen molar-refractivity contribution >= 4 is 40.0 Å². The molecule has 3 aromatic rings. The van der Waals surface area contributed by atoms with Crippen LogP contribution in [0.5, 0.6) is 0 Å². The third kappa shape index (κ3) is 4.79. The Morgan fingerprint density at radius 1 is 1.15 bits per heavy atom. The van der Waals surface area contributed by atoms with E-state index in [0.29, 0.717) is 22.0 Å². The number of fused-ring (bicyclic) bond motifs is 1. The Hall–Kier alpha value is -2.01. The van der Waals surface area contributed by atoms with Gasteiger partial charge < -0.3 is 15.4 Å². The Morgan fingerprint density at radius 2 is 1.88 bits per heavy atom. The summed E-state index contributed by atoms with van der Waals surface area (Å²) in [6, 6.07) is 13.0. The average Bonchev–Trinajstić information content (AvgIpc) is 3.02. The predicted molar refractivity (Wildman–Crippen MR) is 106 cm³/mol. The zero-order chi connectivity index (χ0) is 18.5. The lowest BCUT2D eigenvalue weighted by molar-refractivity contribution is -0.121. The summed E-state index contributed by atoms with van der Waals surface area (Å²) in [5.74, 6) is -0.0861. The molecule has 3 rings (SSSR count).